The Balaban J connectivity index is 1.53. The summed E-state index contributed by atoms with van der Waals surface area (Å²) in [7, 11) is 1.67. The Hall–Kier alpha value is -3.21. The van der Waals surface area contributed by atoms with Crippen LogP contribution in [-0.2, 0) is 0 Å². The molecule has 0 bridgehead atoms. The van der Waals surface area contributed by atoms with E-state index in [0.717, 1.165) is 54.6 Å². The number of aromatic nitrogens is 1. The van der Waals surface area contributed by atoms with Crippen LogP contribution < -0.4 is 9.64 Å². The van der Waals surface area contributed by atoms with Crippen molar-refractivity contribution in [2.75, 3.05) is 38.2 Å². The van der Waals surface area contributed by atoms with E-state index in [9.17, 15) is 4.79 Å². The second kappa shape index (κ2) is 8.03. The topological polar surface area (TPSA) is 37.7 Å². The van der Waals surface area contributed by atoms with Crippen LogP contribution in [0.1, 0.15) is 21.7 Å². The van der Waals surface area contributed by atoms with Crippen LogP contribution >= 0.6 is 0 Å². The van der Waals surface area contributed by atoms with Crippen LogP contribution in [0.15, 0.2) is 60.7 Å². The summed E-state index contributed by atoms with van der Waals surface area (Å²) in [5.74, 6) is 0.917. The lowest BCUT2D eigenvalue weighted by Gasteiger charge is -2.36. The fraction of sp³-hybridized carbons (Fsp3) is 0.292. The average molecular weight is 389 g/mol. The van der Waals surface area contributed by atoms with Gasteiger partial charge in [-0.25, -0.2) is 0 Å². The maximum atomic E-state index is 13.3. The third-order valence-corrected chi connectivity index (χ3v) is 5.66. The van der Waals surface area contributed by atoms with Gasteiger partial charge in [-0.05, 0) is 44.2 Å². The van der Waals surface area contributed by atoms with Crippen molar-refractivity contribution in [1.82, 2.24) is 9.47 Å². The first-order chi connectivity index (χ1) is 14.1. The van der Waals surface area contributed by atoms with Gasteiger partial charge in [0.25, 0.3) is 5.91 Å². The minimum absolute atomic E-state index is 0.111. The molecular weight excluding hydrogens is 362 g/mol. The summed E-state index contributed by atoms with van der Waals surface area (Å²) >= 11 is 0. The minimum atomic E-state index is 0.111. The van der Waals surface area contributed by atoms with Gasteiger partial charge < -0.3 is 19.1 Å². The van der Waals surface area contributed by atoms with E-state index >= 15 is 0 Å². The number of methoxy groups -OCH3 is 1. The number of benzene rings is 2. The van der Waals surface area contributed by atoms with Crippen molar-refractivity contribution >= 4 is 11.6 Å². The summed E-state index contributed by atoms with van der Waals surface area (Å²) in [6, 6.07) is 20.3. The van der Waals surface area contributed by atoms with Crippen LogP contribution in [0.4, 0.5) is 5.69 Å². The minimum Gasteiger partial charge on any atom is -0.497 e. The highest BCUT2D eigenvalue weighted by Gasteiger charge is 2.25. The Morgan fingerprint density at radius 2 is 1.55 bits per heavy atom. The fourth-order valence-electron chi connectivity index (χ4n) is 4.10. The molecule has 1 aliphatic heterocycles. The normalized spacial score (nSPS) is 14.2. The lowest BCUT2D eigenvalue weighted by molar-refractivity contribution is 0.0746. The molecule has 1 fully saturated rings. The molecule has 0 radical (unpaired) electrons. The molecule has 0 spiro atoms. The molecule has 1 aromatic heterocycles. The van der Waals surface area contributed by atoms with Crippen LogP contribution in [0.5, 0.6) is 5.75 Å². The Morgan fingerprint density at radius 1 is 0.862 bits per heavy atom. The zero-order chi connectivity index (χ0) is 20.4. The molecule has 0 atom stereocenters. The van der Waals surface area contributed by atoms with E-state index in [0.29, 0.717) is 0 Å². The van der Waals surface area contributed by atoms with Gasteiger partial charge in [-0.3, -0.25) is 4.79 Å². The van der Waals surface area contributed by atoms with Crippen LogP contribution in [0.25, 0.3) is 5.69 Å². The number of para-hydroxylation sites is 1. The number of ether oxygens (including phenoxy) is 1. The Labute approximate surface area is 172 Å². The number of piperazine rings is 1. The molecule has 5 heteroatoms. The van der Waals surface area contributed by atoms with E-state index in [1.807, 2.05) is 55.1 Å². The summed E-state index contributed by atoms with van der Waals surface area (Å²) in [6.07, 6.45) is 0. The van der Waals surface area contributed by atoms with Crippen molar-refractivity contribution in [3.8, 4) is 11.4 Å². The highest BCUT2D eigenvalue weighted by Crippen LogP contribution is 2.25. The zero-order valence-electron chi connectivity index (χ0n) is 17.3. The SMILES string of the molecule is COc1cccc(-n2c(C)cc(C(=O)N3CCN(c4ccccc4)CC3)c2C)c1. The molecule has 4 rings (SSSR count). The molecule has 0 unspecified atom stereocenters. The maximum Gasteiger partial charge on any atom is 0.255 e. The van der Waals surface area contributed by atoms with E-state index in [2.05, 4.69) is 33.7 Å². The van der Waals surface area contributed by atoms with Gasteiger partial charge in [0.2, 0.25) is 0 Å². The summed E-state index contributed by atoms with van der Waals surface area (Å²) < 4.78 is 7.48. The predicted octanol–water partition coefficient (Wildman–Crippen LogP) is 4.07. The quantitative estimate of drug-likeness (QED) is 0.675. The molecule has 3 aromatic rings. The van der Waals surface area contributed by atoms with Crippen molar-refractivity contribution < 1.29 is 9.53 Å². The van der Waals surface area contributed by atoms with Crippen LogP contribution in [0, 0.1) is 13.8 Å². The van der Waals surface area contributed by atoms with Gasteiger partial charge in [0.15, 0.2) is 0 Å². The van der Waals surface area contributed by atoms with Crippen LogP contribution in [-0.4, -0.2) is 48.7 Å². The first-order valence-electron chi connectivity index (χ1n) is 10.0. The molecule has 1 aliphatic rings. The number of hydrogen-bond acceptors (Lipinski definition) is 3. The molecule has 29 heavy (non-hydrogen) atoms. The summed E-state index contributed by atoms with van der Waals surface area (Å²) in [5, 5.41) is 0. The molecule has 0 aliphatic carbocycles. The van der Waals surface area contributed by atoms with Crippen molar-refractivity contribution in [3.05, 3.63) is 77.6 Å². The summed E-state index contributed by atoms with van der Waals surface area (Å²) in [6.45, 7) is 7.22. The monoisotopic (exact) mass is 389 g/mol. The average Bonchev–Trinajstić information content (AvgIpc) is 3.08. The predicted molar refractivity (Wildman–Crippen MR) is 116 cm³/mol. The van der Waals surface area contributed by atoms with E-state index in [4.69, 9.17) is 4.74 Å². The molecule has 1 saturated heterocycles. The van der Waals surface area contributed by atoms with E-state index < -0.39 is 0 Å². The number of amides is 1. The van der Waals surface area contributed by atoms with Gasteiger partial charge in [-0.2, -0.15) is 0 Å². The molecule has 2 aromatic carbocycles. The first-order valence-corrected chi connectivity index (χ1v) is 10.0. The van der Waals surface area contributed by atoms with Gasteiger partial charge >= 0.3 is 0 Å². The number of carbonyl (C=O) groups excluding carboxylic acids is 1. The largest absolute Gasteiger partial charge is 0.497 e. The van der Waals surface area contributed by atoms with Crippen molar-refractivity contribution in [3.63, 3.8) is 0 Å². The first kappa shape index (κ1) is 19.1. The number of hydrogen-bond donors (Lipinski definition) is 0. The Bertz CT molecular complexity index is 1000. The van der Waals surface area contributed by atoms with Gasteiger partial charge in [0, 0.05) is 55.0 Å². The number of rotatable bonds is 4. The molecule has 0 saturated carbocycles. The molecule has 0 N–H and O–H groups in total. The highest BCUT2D eigenvalue weighted by atomic mass is 16.5. The van der Waals surface area contributed by atoms with Crippen molar-refractivity contribution in [1.29, 1.82) is 0 Å². The van der Waals surface area contributed by atoms with Gasteiger partial charge in [0.05, 0.1) is 12.7 Å². The number of aryl methyl sites for hydroxylation is 1. The van der Waals surface area contributed by atoms with Crippen LogP contribution in [0.2, 0.25) is 0 Å². The molecular formula is C24H27N3O2. The number of anilines is 1. The second-order valence-corrected chi connectivity index (χ2v) is 7.44. The summed E-state index contributed by atoms with van der Waals surface area (Å²) in [4.78, 5) is 17.6. The maximum absolute atomic E-state index is 13.3. The number of nitrogens with zero attached hydrogens (tertiary/aromatic N) is 3. The molecule has 2 heterocycles. The van der Waals surface area contributed by atoms with Crippen LogP contribution in [0.3, 0.4) is 0 Å². The summed E-state index contributed by atoms with van der Waals surface area (Å²) in [5.41, 5.74) is 5.01. The van der Waals surface area contributed by atoms with Gasteiger partial charge in [-0.1, -0.05) is 24.3 Å². The molecule has 150 valence electrons. The molecule has 1 amide bonds. The zero-order valence-corrected chi connectivity index (χ0v) is 17.3. The lowest BCUT2D eigenvalue weighted by Crippen LogP contribution is -2.48. The Kier molecular flexibility index (Phi) is 5.30. The second-order valence-electron chi connectivity index (χ2n) is 7.44. The Morgan fingerprint density at radius 3 is 2.24 bits per heavy atom. The van der Waals surface area contributed by atoms with Crippen molar-refractivity contribution in [2.24, 2.45) is 0 Å². The van der Waals surface area contributed by atoms with E-state index in [-0.39, 0.29) is 5.91 Å². The standard InChI is InChI=1S/C24H27N3O2/c1-18-16-23(19(2)27(18)21-10-7-11-22(17-21)29-3)24(28)26-14-12-25(13-15-26)20-8-5-4-6-9-20/h4-11,16-17H,12-15H2,1-3H3. The molecule has 5 nitrogen and oxygen atoms in total. The number of carbonyl (C=O) groups is 1. The highest BCUT2D eigenvalue weighted by molar-refractivity contribution is 5.96. The lowest BCUT2D eigenvalue weighted by atomic mass is 10.2. The van der Waals surface area contributed by atoms with E-state index in [1.165, 1.54) is 5.69 Å². The van der Waals surface area contributed by atoms with Gasteiger partial charge in [-0.15, -0.1) is 0 Å². The fourth-order valence-corrected chi connectivity index (χ4v) is 4.10. The smallest absolute Gasteiger partial charge is 0.255 e. The third-order valence-electron chi connectivity index (χ3n) is 5.66. The van der Waals surface area contributed by atoms with Crippen molar-refractivity contribution in [2.45, 2.75) is 13.8 Å². The van der Waals surface area contributed by atoms with E-state index in [1.54, 1.807) is 7.11 Å². The third kappa shape index (κ3) is 3.73. The van der Waals surface area contributed by atoms with Gasteiger partial charge in [0.1, 0.15) is 5.75 Å².